The molecule has 0 saturated heterocycles. The molecule has 0 spiro atoms. The van der Waals surface area contributed by atoms with Gasteiger partial charge in [-0.15, -0.1) is 0 Å². The normalized spacial score (nSPS) is 15.0. The van der Waals surface area contributed by atoms with Crippen LogP contribution in [0.1, 0.15) is 23.2 Å². The van der Waals surface area contributed by atoms with Gasteiger partial charge in [0.05, 0.1) is 12.2 Å². The Morgan fingerprint density at radius 1 is 0.605 bits per heavy atom. The van der Waals surface area contributed by atoms with Gasteiger partial charge >= 0.3 is 53.6 Å². The summed E-state index contributed by atoms with van der Waals surface area (Å²) >= 11 is 0. The molecule has 1 aromatic rings. The summed E-state index contributed by atoms with van der Waals surface area (Å²) in [4.78, 5) is 11.6. The Balaban J connectivity index is 3.18. The number of carbonyl (C=O) groups excluding carboxylic acids is 1. The average molecular weight is 598 g/mol. The van der Waals surface area contributed by atoms with Gasteiger partial charge in [-0.25, -0.2) is 4.79 Å². The second-order valence-corrected chi connectivity index (χ2v) is 7.43. The number of aromatic hydroxyl groups is 1. The van der Waals surface area contributed by atoms with E-state index in [4.69, 9.17) is 5.11 Å². The zero-order valence-electron chi connectivity index (χ0n) is 17.6. The van der Waals surface area contributed by atoms with Crippen molar-refractivity contribution in [3.8, 4) is 5.75 Å². The highest BCUT2D eigenvalue weighted by Crippen LogP contribution is 2.64. The summed E-state index contributed by atoms with van der Waals surface area (Å²) in [6.45, 7) is -1.35. The Bertz CT molecular complexity index is 983. The molecule has 1 rings (SSSR count). The van der Waals surface area contributed by atoms with Crippen LogP contribution < -0.4 is 0 Å². The van der Waals surface area contributed by atoms with E-state index in [1.807, 2.05) is 0 Å². The average Bonchev–Trinajstić information content (AvgIpc) is 2.75. The van der Waals surface area contributed by atoms with Crippen LogP contribution in [0.4, 0.5) is 74.6 Å². The number of phenols is 1. The molecule has 0 aliphatic rings. The molecule has 220 valence electrons. The number of benzene rings is 1. The zero-order valence-corrected chi connectivity index (χ0v) is 17.6. The maximum Gasteiger partial charge on any atom is 0.460 e. The summed E-state index contributed by atoms with van der Waals surface area (Å²) < 4.78 is 228. The van der Waals surface area contributed by atoms with Gasteiger partial charge in [0.2, 0.25) is 0 Å². The van der Waals surface area contributed by atoms with Gasteiger partial charge in [-0.1, -0.05) is 0 Å². The number of phenolic OH excluding ortho intramolecular Hbond substituents is 1. The summed E-state index contributed by atoms with van der Waals surface area (Å²) in [5, 5.41) is 9.01. The summed E-state index contributed by atoms with van der Waals surface area (Å²) in [7, 11) is 0. The van der Waals surface area contributed by atoms with E-state index in [2.05, 4.69) is 4.74 Å². The number of hydrogen-bond acceptors (Lipinski definition) is 3. The molecule has 0 amide bonds. The van der Waals surface area contributed by atoms with Crippen molar-refractivity contribution in [3.63, 3.8) is 0 Å². The summed E-state index contributed by atoms with van der Waals surface area (Å²) in [5.74, 6) is -58.5. The van der Waals surface area contributed by atoms with E-state index in [1.54, 1.807) is 0 Å². The minimum absolute atomic E-state index is 0.369. The first-order valence-electron chi connectivity index (χ1n) is 9.31. The Kier molecular flexibility index (Phi) is 8.59. The van der Waals surface area contributed by atoms with Crippen LogP contribution in [-0.2, 0) is 4.74 Å². The van der Waals surface area contributed by atoms with Crippen molar-refractivity contribution in [1.82, 2.24) is 0 Å². The predicted octanol–water partition coefficient (Wildman–Crippen LogP) is 7.34. The smallest absolute Gasteiger partial charge is 0.460 e. The highest BCUT2D eigenvalue weighted by molar-refractivity contribution is 5.89. The van der Waals surface area contributed by atoms with E-state index in [1.165, 1.54) is 0 Å². The van der Waals surface area contributed by atoms with Gasteiger partial charge in [-0.05, 0) is 30.7 Å². The first-order valence-corrected chi connectivity index (χ1v) is 9.31. The number of esters is 1. The molecule has 0 saturated carbocycles. The van der Waals surface area contributed by atoms with Gasteiger partial charge in [0.15, 0.2) is 0 Å². The Morgan fingerprint density at radius 2 is 0.974 bits per heavy atom. The van der Waals surface area contributed by atoms with Gasteiger partial charge < -0.3 is 9.84 Å². The van der Waals surface area contributed by atoms with Crippen molar-refractivity contribution in [3.05, 3.63) is 29.8 Å². The maximum absolute atomic E-state index is 13.7. The fourth-order valence-corrected chi connectivity index (χ4v) is 2.49. The Labute approximate surface area is 199 Å². The monoisotopic (exact) mass is 598 g/mol. The molecule has 3 nitrogen and oxygen atoms in total. The second-order valence-electron chi connectivity index (χ2n) is 7.43. The van der Waals surface area contributed by atoms with Gasteiger partial charge in [-0.2, -0.15) is 74.6 Å². The molecule has 0 aliphatic carbocycles. The second kappa shape index (κ2) is 9.80. The molecule has 0 fully saturated rings. The first-order chi connectivity index (χ1) is 16.6. The number of carbonyl (C=O) groups is 1. The lowest BCUT2D eigenvalue weighted by molar-refractivity contribution is -0.461. The molecule has 1 N–H and O–H groups in total. The molecule has 38 heavy (non-hydrogen) atoms. The molecular weight excluding hydrogens is 587 g/mol. The number of hydrogen-bond donors (Lipinski definition) is 1. The summed E-state index contributed by atoms with van der Waals surface area (Å²) in [5.41, 5.74) is -0.384. The Hall–Kier alpha value is -2.70. The molecule has 0 aliphatic heterocycles. The molecule has 0 bridgehead atoms. The molecule has 0 atom stereocenters. The van der Waals surface area contributed by atoms with Crippen LogP contribution in [0.3, 0.4) is 0 Å². The van der Waals surface area contributed by atoms with Gasteiger partial charge in [-0.3, -0.25) is 0 Å². The number of alkyl halides is 17. The third-order valence-corrected chi connectivity index (χ3v) is 4.76. The SMILES string of the molecule is O=C(OCCCC(F)(F)C(F)(F)C(F)(F)C(F)(F)C(F)(F)C(F)(F)C(F)(F)C(F)(F)F)c1ccc(O)cc1. The maximum atomic E-state index is 13.7. The van der Waals surface area contributed by atoms with Crippen LogP contribution in [0.25, 0.3) is 0 Å². The quantitative estimate of drug-likeness (QED) is 0.165. The lowest BCUT2D eigenvalue weighted by Gasteiger charge is -2.42. The number of halogens is 17. The molecular formula is C18H11F17O3. The van der Waals surface area contributed by atoms with E-state index in [0.717, 1.165) is 24.3 Å². The predicted molar refractivity (Wildman–Crippen MR) is 88.3 cm³/mol. The fraction of sp³-hybridized carbons (Fsp3) is 0.611. The van der Waals surface area contributed by atoms with Crippen molar-refractivity contribution >= 4 is 5.97 Å². The molecule has 0 radical (unpaired) electrons. The number of rotatable bonds is 11. The minimum atomic E-state index is -8.68. The third kappa shape index (κ3) is 5.13. The van der Waals surface area contributed by atoms with E-state index in [9.17, 15) is 79.4 Å². The zero-order chi connectivity index (χ0) is 30.4. The van der Waals surface area contributed by atoms with E-state index in [-0.39, 0.29) is 11.3 Å². The molecule has 0 unspecified atom stereocenters. The van der Waals surface area contributed by atoms with Gasteiger partial charge in [0.25, 0.3) is 0 Å². The minimum Gasteiger partial charge on any atom is -0.508 e. The van der Waals surface area contributed by atoms with Gasteiger partial charge in [0, 0.05) is 6.42 Å². The highest BCUT2D eigenvalue weighted by atomic mass is 19.4. The Morgan fingerprint density at radius 3 is 1.37 bits per heavy atom. The summed E-state index contributed by atoms with van der Waals surface area (Å²) in [6.07, 6.45) is -12.1. The highest BCUT2D eigenvalue weighted by Gasteiger charge is 2.95. The van der Waals surface area contributed by atoms with Crippen LogP contribution in [-0.4, -0.2) is 65.3 Å². The summed E-state index contributed by atoms with van der Waals surface area (Å²) in [6, 6.07) is 3.61. The van der Waals surface area contributed by atoms with Crippen molar-refractivity contribution in [2.45, 2.75) is 60.5 Å². The molecule has 20 heteroatoms. The van der Waals surface area contributed by atoms with Crippen molar-refractivity contribution in [2.75, 3.05) is 6.61 Å². The van der Waals surface area contributed by atoms with Crippen molar-refractivity contribution in [1.29, 1.82) is 0 Å². The lowest BCUT2D eigenvalue weighted by Crippen LogP contribution is -2.74. The molecule has 1 aromatic carbocycles. The largest absolute Gasteiger partial charge is 0.508 e. The first kappa shape index (κ1) is 33.3. The number of ether oxygens (including phenoxy) is 1. The van der Waals surface area contributed by atoms with Crippen LogP contribution in [0.2, 0.25) is 0 Å². The third-order valence-electron chi connectivity index (χ3n) is 4.76. The topological polar surface area (TPSA) is 46.5 Å². The van der Waals surface area contributed by atoms with E-state index < -0.39 is 73.1 Å². The lowest BCUT2D eigenvalue weighted by atomic mass is 9.88. The van der Waals surface area contributed by atoms with E-state index >= 15 is 0 Å². The fourth-order valence-electron chi connectivity index (χ4n) is 2.49. The van der Waals surface area contributed by atoms with Crippen LogP contribution >= 0.6 is 0 Å². The van der Waals surface area contributed by atoms with Crippen LogP contribution in [0.15, 0.2) is 24.3 Å². The van der Waals surface area contributed by atoms with Crippen LogP contribution in [0, 0.1) is 0 Å². The van der Waals surface area contributed by atoms with Gasteiger partial charge in [0.1, 0.15) is 5.75 Å². The standard InChI is InChI=1S/C18H11F17O3/c19-11(20,6-1-7-38-10(37)8-2-4-9(36)5-3-8)12(21,22)13(23,24)14(25,26)15(27,28)16(29,30)17(31,32)18(33,34)35/h2-5,36H,1,6-7H2. The van der Waals surface area contributed by atoms with Crippen LogP contribution in [0.5, 0.6) is 5.75 Å². The van der Waals surface area contributed by atoms with Crippen molar-refractivity contribution in [2.24, 2.45) is 0 Å². The molecule has 0 heterocycles. The molecule has 0 aromatic heterocycles. The van der Waals surface area contributed by atoms with Crippen molar-refractivity contribution < 1.29 is 89.3 Å². The van der Waals surface area contributed by atoms with E-state index in [0.29, 0.717) is 0 Å².